The van der Waals surface area contributed by atoms with Gasteiger partial charge in [-0.25, -0.2) is 0 Å². The second-order valence-corrected chi connectivity index (χ2v) is 7.11. The molecule has 2 saturated heterocycles. The van der Waals surface area contributed by atoms with E-state index in [0.717, 1.165) is 25.7 Å². The Morgan fingerprint density at radius 1 is 1.25 bits per heavy atom. The van der Waals surface area contributed by atoms with E-state index in [2.05, 4.69) is 25.7 Å². The van der Waals surface area contributed by atoms with Crippen molar-refractivity contribution in [3.05, 3.63) is 0 Å². The molecule has 1 amide bonds. The molecule has 0 N–H and O–H groups in total. The van der Waals surface area contributed by atoms with E-state index in [1.165, 1.54) is 0 Å². The van der Waals surface area contributed by atoms with Gasteiger partial charge in [-0.15, -0.1) is 11.6 Å². The van der Waals surface area contributed by atoms with E-state index in [-0.39, 0.29) is 10.8 Å². The lowest BCUT2D eigenvalue weighted by Crippen LogP contribution is -2.47. The minimum Gasteiger partial charge on any atom is -0.337 e. The molecule has 2 nitrogen and oxygen atoms in total. The largest absolute Gasteiger partial charge is 0.337 e. The number of hydrogen-bond acceptors (Lipinski definition) is 1. The molecule has 0 aromatic heterocycles. The molecular weight excluding hydrogens is 222 g/mol. The van der Waals surface area contributed by atoms with Crippen molar-refractivity contribution in [1.29, 1.82) is 0 Å². The molecule has 2 heterocycles. The van der Waals surface area contributed by atoms with Gasteiger partial charge in [-0.3, -0.25) is 4.79 Å². The normalized spacial score (nSPS) is 34.2. The van der Waals surface area contributed by atoms with Crippen molar-refractivity contribution in [3.8, 4) is 0 Å². The molecule has 2 bridgehead atoms. The predicted molar refractivity (Wildman–Crippen MR) is 66.6 cm³/mol. The van der Waals surface area contributed by atoms with Gasteiger partial charge >= 0.3 is 0 Å². The average Bonchev–Trinajstić information content (AvgIpc) is 2.36. The Morgan fingerprint density at radius 2 is 1.75 bits per heavy atom. The van der Waals surface area contributed by atoms with Gasteiger partial charge in [0.25, 0.3) is 0 Å². The van der Waals surface area contributed by atoms with Crippen LogP contribution in [0.3, 0.4) is 0 Å². The number of fused-ring (bicyclic) bond motifs is 2. The molecule has 3 heteroatoms. The third-order valence-electron chi connectivity index (χ3n) is 3.65. The standard InChI is InChI=1S/C13H22ClNO/c1-13(2,3)8-12(16)15-10-4-5-11(15)7-9(14)6-10/h9-11H,4-8H2,1-3H3. The zero-order valence-electron chi connectivity index (χ0n) is 10.5. The van der Waals surface area contributed by atoms with Gasteiger partial charge in [-0.2, -0.15) is 0 Å². The summed E-state index contributed by atoms with van der Waals surface area (Å²) in [7, 11) is 0. The number of carbonyl (C=O) groups is 1. The van der Waals surface area contributed by atoms with Crippen LogP contribution in [-0.2, 0) is 4.79 Å². The fourth-order valence-corrected chi connectivity index (χ4v) is 3.47. The highest BCUT2D eigenvalue weighted by molar-refractivity contribution is 6.20. The van der Waals surface area contributed by atoms with E-state index in [1.807, 2.05) is 0 Å². The maximum Gasteiger partial charge on any atom is 0.223 e. The quantitative estimate of drug-likeness (QED) is 0.648. The van der Waals surface area contributed by atoms with Crippen LogP contribution in [0.5, 0.6) is 0 Å². The molecule has 16 heavy (non-hydrogen) atoms. The maximum absolute atomic E-state index is 12.3. The molecule has 92 valence electrons. The summed E-state index contributed by atoms with van der Waals surface area (Å²) in [6.07, 6.45) is 4.96. The number of piperidine rings is 1. The van der Waals surface area contributed by atoms with Crippen LogP contribution in [0.25, 0.3) is 0 Å². The van der Waals surface area contributed by atoms with Gasteiger partial charge in [0.15, 0.2) is 0 Å². The van der Waals surface area contributed by atoms with Gasteiger partial charge < -0.3 is 4.90 Å². The summed E-state index contributed by atoms with van der Waals surface area (Å²) < 4.78 is 0. The third-order valence-corrected chi connectivity index (χ3v) is 4.00. The first-order valence-electron chi connectivity index (χ1n) is 6.32. The topological polar surface area (TPSA) is 20.3 Å². The monoisotopic (exact) mass is 243 g/mol. The maximum atomic E-state index is 12.3. The van der Waals surface area contributed by atoms with Crippen molar-refractivity contribution >= 4 is 17.5 Å². The van der Waals surface area contributed by atoms with Crippen molar-refractivity contribution in [2.24, 2.45) is 5.41 Å². The second-order valence-electron chi connectivity index (χ2n) is 6.49. The van der Waals surface area contributed by atoms with Gasteiger partial charge in [-0.1, -0.05) is 20.8 Å². The molecule has 2 rings (SSSR count). The number of rotatable bonds is 1. The zero-order chi connectivity index (χ0) is 11.9. The van der Waals surface area contributed by atoms with Crippen LogP contribution in [0.4, 0.5) is 0 Å². The first-order valence-corrected chi connectivity index (χ1v) is 6.76. The minimum absolute atomic E-state index is 0.0916. The van der Waals surface area contributed by atoms with Crippen molar-refractivity contribution in [2.75, 3.05) is 0 Å². The van der Waals surface area contributed by atoms with Crippen LogP contribution < -0.4 is 0 Å². The smallest absolute Gasteiger partial charge is 0.223 e. The molecule has 0 spiro atoms. The second kappa shape index (κ2) is 4.21. The lowest BCUT2D eigenvalue weighted by Gasteiger charge is -2.38. The fraction of sp³-hybridized carbons (Fsp3) is 0.923. The lowest BCUT2D eigenvalue weighted by atomic mass is 9.90. The lowest BCUT2D eigenvalue weighted by molar-refractivity contribution is -0.137. The Hall–Kier alpha value is -0.240. The Morgan fingerprint density at radius 3 is 2.19 bits per heavy atom. The van der Waals surface area contributed by atoms with Crippen molar-refractivity contribution in [3.63, 3.8) is 0 Å². The van der Waals surface area contributed by atoms with Crippen LogP contribution in [0.1, 0.15) is 52.9 Å². The number of hydrogen-bond donors (Lipinski definition) is 0. The fourth-order valence-electron chi connectivity index (χ4n) is 3.06. The van der Waals surface area contributed by atoms with Gasteiger partial charge in [0.1, 0.15) is 0 Å². The summed E-state index contributed by atoms with van der Waals surface area (Å²) in [4.78, 5) is 14.4. The highest BCUT2D eigenvalue weighted by atomic mass is 35.5. The molecule has 0 aliphatic carbocycles. The minimum atomic E-state index is 0.0916. The number of amides is 1. The van der Waals surface area contributed by atoms with Crippen molar-refractivity contribution in [1.82, 2.24) is 4.90 Å². The van der Waals surface area contributed by atoms with E-state index >= 15 is 0 Å². The van der Waals surface area contributed by atoms with Crippen LogP contribution in [0, 0.1) is 5.41 Å². The number of carbonyl (C=O) groups excluding carboxylic acids is 1. The van der Waals surface area contributed by atoms with Crippen LogP contribution >= 0.6 is 11.6 Å². The summed E-state index contributed by atoms with van der Waals surface area (Å²) in [5.74, 6) is 0.337. The van der Waals surface area contributed by atoms with Crippen LogP contribution in [-0.4, -0.2) is 28.3 Å². The molecular formula is C13H22ClNO. The van der Waals surface area contributed by atoms with Crippen LogP contribution in [0.2, 0.25) is 0 Å². The third kappa shape index (κ3) is 2.53. The zero-order valence-corrected chi connectivity index (χ0v) is 11.3. The Balaban J connectivity index is 2.03. The van der Waals surface area contributed by atoms with Gasteiger partial charge in [0, 0.05) is 23.9 Å². The average molecular weight is 244 g/mol. The van der Waals surface area contributed by atoms with E-state index in [9.17, 15) is 4.79 Å². The summed E-state index contributed by atoms with van der Waals surface area (Å²) in [6, 6.07) is 0.854. The van der Waals surface area contributed by atoms with E-state index in [1.54, 1.807) is 0 Å². The van der Waals surface area contributed by atoms with E-state index < -0.39 is 0 Å². The molecule has 0 radical (unpaired) electrons. The highest BCUT2D eigenvalue weighted by Gasteiger charge is 2.42. The molecule has 2 aliphatic heterocycles. The Kier molecular flexibility index (Phi) is 3.22. The summed E-state index contributed by atoms with van der Waals surface area (Å²) >= 11 is 6.21. The van der Waals surface area contributed by atoms with Crippen molar-refractivity contribution < 1.29 is 4.79 Å². The molecule has 2 fully saturated rings. The Bertz CT molecular complexity index is 270. The molecule has 0 saturated carbocycles. The summed E-state index contributed by atoms with van der Waals surface area (Å²) in [6.45, 7) is 6.38. The molecule has 0 aromatic rings. The molecule has 2 unspecified atom stereocenters. The van der Waals surface area contributed by atoms with Gasteiger partial charge in [0.2, 0.25) is 5.91 Å². The predicted octanol–water partition coefficient (Wildman–Crippen LogP) is 3.18. The molecule has 2 atom stereocenters. The number of alkyl halides is 1. The van der Waals surface area contributed by atoms with E-state index in [4.69, 9.17) is 11.6 Å². The molecule has 2 aliphatic rings. The molecule has 0 aromatic carbocycles. The van der Waals surface area contributed by atoms with Crippen LogP contribution in [0.15, 0.2) is 0 Å². The Labute approximate surface area is 103 Å². The first-order chi connectivity index (χ1) is 7.37. The highest BCUT2D eigenvalue weighted by Crippen LogP contribution is 2.39. The summed E-state index contributed by atoms with van der Waals surface area (Å²) in [5.41, 5.74) is 0.0916. The van der Waals surface area contributed by atoms with Crippen molar-refractivity contribution in [2.45, 2.75) is 70.3 Å². The van der Waals surface area contributed by atoms with Gasteiger partial charge in [0.05, 0.1) is 0 Å². The van der Waals surface area contributed by atoms with E-state index in [0.29, 0.717) is 24.4 Å². The SMILES string of the molecule is CC(C)(C)CC(=O)N1C2CCC1CC(Cl)C2. The summed E-state index contributed by atoms with van der Waals surface area (Å²) in [5, 5.41) is 0.288. The first kappa shape index (κ1) is 12.2. The number of nitrogens with zero attached hydrogens (tertiary/aromatic N) is 1. The number of halogens is 1. The van der Waals surface area contributed by atoms with Gasteiger partial charge in [-0.05, 0) is 31.1 Å².